The summed E-state index contributed by atoms with van der Waals surface area (Å²) in [5, 5.41) is 4.39. The average Bonchev–Trinajstić information content (AvgIpc) is 2.53. The van der Waals surface area contributed by atoms with E-state index in [0.29, 0.717) is 6.04 Å². The molecule has 2 aromatic rings. The smallest absolute Gasteiger partial charge is 0.123 e. The van der Waals surface area contributed by atoms with E-state index in [4.69, 9.17) is 16.3 Å². The zero-order chi connectivity index (χ0) is 15.1. The van der Waals surface area contributed by atoms with Crippen molar-refractivity contribution in [2.75, 3.05) is 13.7 Å². The average molecular weight is 304 g/mol. The molecule has 0 spiro atoms. The van der Waals surface area contributed by atoms with Crippen LogP contribution in [0.15, 0.2) is 48.5 Å². The van der Waals surface area contributed by atoms with E-state index in [-0.39, 0.29) is 0 Å². The molecule has 1 unspecified atom stereocenters. The summed E-state index contributed by atoms with van der Waals surface area (Å²) in [7, 11) is 1.72. The van der Waals surface area contributed by atoms with E-state index in [2.05, 4.69) is 36.5 Å². The van der Waals surface area contributed by atoms with E-state index >= 15 is 0 Å². The lowest BCUT2D eigenvalue weighted by molar-refractivity contribution is 0.397. The van der Waals surface area contributed by atoms with Gasteiger partial charge in [-0.1, -0.05) is 48.9 Å². The van der Waals surface area contributed by atoms with Gasteiger partial charge in [-0.05, 0) is 43.1 Å². The number of rotatable bonds is 7. The van der Waals surface area contributed by atoms with E-state index in [1.54, 1.807) is 7.11 Å². The van der Waals surface area contributed by atoms with Crippen LogP contribution < -0.4 is 10.1 Å². The predicted octanol–water partition coefficient (Wildman–Crippen LogP) is 4.63. The minimum atomic E-state index is 0.313. The first-order valence-electron chi connectivity index (χ1n) is 7.35. The number of hydrogen-bond acceptors (Lipinski definition) is 2. The number of hydrogen-bond donors (Lipinski definition) is 1. The van der Waals surface area contributed by atoms with Gasteiger partial charge in [-0.2, -0.15) is 0 Å². The lowest BCUT2D eigenvalue weighted by Crippen LogP contribution is -2.23. The van der Waals surface area contributed by atoms with Crippen LogP contribution in [0.2, 0.25) is 5.02 Å². The van der Waals surface area contributed by atoms with Crippen molar-refractivity contribution in [2.24, 2.45) is 0 Å². The Morgan fingerprint density at radius 1 is 1.10 bits per heavy atom. The summed E-state index contributed by atoms with van der Waals surface area (Å²) in [5.41, 5.74) is 2.51. The Kier molecular flexibility index (Phi) is 6.09. The highest BCUT2D eigenvalue weighted by Crippen LogP contribution is 2.26. The first-order valence-corrected chi connectivity index (χ1v) is 7.73. The van der Waals surface area contributed by atoms with Gasteiger partial charge in [0, 0.05) is 16.6 Å². The molecule has 0 aliphatic carbocycles. The van der Waals surface area contributed by atoms with Crippen LogP contribution in [-0.2, 0) is 6.42 Å². The van der Waals surface area contributed by atoms with Crippen molar-refractivity contribution in [2.45, 2.75) is 25.8 Å². The van der Waals surface area contributed by atoms with Crippen LogP contribution in [0.3, 0.4) is 0 Å². The zero-order valence-electron chi connectivity index (χ0n) is 12.6. The number of benzene rings is 2. The monoisotopic (exact) mass is 303 g/mol. The number of methoxy groups -OCH3 is 1. The molecule has 21 heavy (non-hydrogen) atoms. The second-order valence-electron chi connectivity index (χ2n) is 5.03. The van der Waals surface area contributed by atoms with Gasteiger partial charge in [0.05, 0.1) is 7.11 Å². The fraction of sp³-hybridized carbons (Fsp3) is 0.333. The second-order valence-corrected chi connectivity index (χ2v) is 5.47. The number of ether oxygens (including phenoxy) is 1. The molecule has 1 N–H and O–H groups in total. The number of para-hydroxylation sites is 1. The Labute approximate surface area is 132 Å². The molecule has 2 rings (SSSR count). The third kappa shape index (κ3) is 4.48. The maximum Gasteiger partial charge on any atom is 0.123 e. The van der Waals surface area contributed by atoms with E-state index in [1.807, 2.05) is 24.3 Å². The second kappa shape index (κ2) is 8.06. The van der Waals surface area contributed by atoms with Crippen LogP contribution in [0.25, 0.3) is 0 Å². The molecule has 0 radical (unpaired) electrons. The van der Waals surface area contributed by atoms with Gasteiger partial charge in [0.1, 0.15) is 5.75 Å². The summed E-state index contributed by atoms with van der Waals surface area (Å²) in [6, 6.07) is 16.5. The first-order chi connectivity index (χ1) is 10.2. The van der Waals surface area contributed by atoms with Crippen LogP contribution >= 0.6 is 11.6 Å². The fourth-order valence-corrected chi connectivity index (χ4v) is 2.60. The predicted molar refractivity (Wildman–Crippen MR) is 89.2 cm³/mol. The maximum atomic E-state index is 5.90. The molecule has 0 saturated heterocycles. The molecule has 112 valence electrons. The van der Waals surface area contributed by atoms with Crippen LogP contribution in [0.5, 0.6) is 5.75 Å². The fourth-order valence-electron chi connectivity index (χ4n) is 2.47. The number of nitrogens with one attached hydrogen (secondary N) is 1. The third-order valence-electron chi connectivity index (χ3n) is 3.64. The molecule has 0 heterocycles. The largest absolute Gasteiger partial charge is 0.496 e. The molecule has 1 atom stereocenters. The minimum absolute atomic E-state index is 0.313. The molecule has 0 saturated carbocycles. The highest BCUT2D eigenvalue weighted by Gasteiger charge is 2.12. The van der Waals surface area contributed by atoms with E-state index in [1.165, 1.54) is 11.1 Å². The van der Waals surface area contributed by atoms with Crippen LogP contribution in [0.1, 0.15) is 30.5 Å². The summed E-state index contributed by atoms with van der Waals surface area (Å²) in [5.74, 6) is 0.948. The first kappa shape index (κ1) is 15.9. The quantitative estimate of drug-likeness (QED) is 0.805. The van der Waals surface area contributed by atoms with Gasteiger partial charge in [0.25, 0.3) is 0 Å². The van der Waals surface area contributed by atoms with Crippen molar-refractivity contribution in [3.05, 3.63) is 64.7 Å². The van der Waals surface area contributed by atoms with Crippen molar-refractivity contribution in [1.29, 1.82) is 0 Å². The van der Waals surface area contributed by atoms with Gasteiger partial charge in [-0.25, -0.2) is 0 Å². The summed E-state index contributed by atoms with van der Waals surface area (Å²) in [6.07, 6.45) is 2.02. The van der Waals surface area contributed by atoms with E-state index in [0.717, 1.165) is 30.2 Å². The van der Waals surface area contributed by atoms with E-state index < -0.39 is 0 Å². The SMILES string of the molecule is CCC(NCCc1ccc(Cl)cc1)c1ccccc1OC. The topological polar surface area (TPSA) is 21.3 Å². The summed E-state index contributed by atoms with van der Waals surface area (Å²) >= 11 is 5.90. The summed E-state index contributed by atoms with van der Waals surface area (Å²) in [4.78, 5) is 0. The molecule has 0 bridgehead atoms. The molecule has 0 amide bonds. The Bertz CT molecular complexity index is 553. The summed E-state index contributed by atoms with van der Waals surface area (Å²) < 4.78 is 5.45. The van der Waals surface area contributed by atoms with Crippen LogP contribution in [-0.4, -0.2) is 13.7 Å². The van der Waals surface area contributed by atoms with E-state index in [9.17, 15) is 0 Å². The molecule has 0 aliphatic rings. The molecule has 2 nitrogen and oxygen atoms in total. The Balaban J connectivity index is 1.95. The van der Waals surface area contributed by atoms with Gasteiger partial charge < -0.3 is 10.1 Å². The lowest BCUT2D eigenvalue weighted by atomic mass is 10.0. The zero-order valence-corrected chi connectivity index (χ0v) is 13.4. The third-order valence-corrected chi connectivity index (χ3v) is 3.89. The molecule has 2 aromatic carbocycles. The van der Waals surface area contributed by atoms with Gasteiger partial charge >= 0.3 is 0 Å². The van der Waals surface area contributed by atoms with Crippen LogP contribution in [0.4, 0.5) is 0 Å². The molecule has 0 aliphatic heterocycles. The van der Waals surface area contributed by atoms with Crippen molar-refractivity contribution in [3.8, 4) is 5.75 Å². The van der Waals surface area contributed by atoms with Gasteiger partial charge in [0.2, 0.25) is 0 Å². The molecule has 0 fully saturated rings. The van der Waals surface area contributed by atoms with Crippen LogP contribution in [0, 0.1) is 0 Å². The lowest BCUT2D eigenvalue weighted by Gasteiger charge is -2.20. The van der Waals surface area contributed by atoms with Gasteiger partial charge in [0.15, 0.2) is 0 Å². The minimum Gasteiger partial charge on any atom is -0.496 e. The van der Waals surface area contributed by atoms with Crippen molar-refractivity contribution in [1.82, 2.24) is 5.32 Å². The number of halogens is 1. The normalized spacial score (nSPS) is 12.1. The highest BCUT2D eigenvalue weighted by atomic mass is 35.5. The molecular formula is C18H22ClNO. The van der Waals surface area contributed by atoms with Gasteiger partial charge in [-0.3, -0.25) is 0 Å². The van der Waals surface area contributed by atoms with Crippen molar-refractivity contribution >= 4 is 11.6 Å². The maximum absolute atomic E-state index is 5.90. The molecular weight excluding hydrogens is 282 g/mol. The summed E-state index contributed by atoms with van der Waals surface area (Å²) in [6.45, 7) is 3.12. The molecule has 3 heteroatoms. The van der Waals surface area contributed by atoms with Crippen molar-refractivity contribution in [3.63, 3.8) is 0 Å². The highest BCUT2D eigenvalue weighted by molar-refractivity contribution is 6.30. The standard InChI is InChI=1S/C18H22ClNO/c1-3-17(16-6-4-5-7-18(16)21-2)20-13-12-14-8-10-15(19)11-9-14/h4-11,17,20H,3,12-13H2,1-2H3. The Morgan fingerprint density at radius 2 is 1.81 bits per heavy atom. The van der Waals surface area contributed by atoms with Crippen molar-refractivity contribution < 1.29 is 4.74 Å². The Morgan fingerprint density at radius 3 is 2.48 bits per heavy atom. The van der Waals surface area contributed by atoms with Gasteiger partial charge in [-0.15, -0.1) is 0 Å². The molecule has 0 aromatic heterocycles. The Hall–Kier alpha value is -1.51.